The summed E-state index contributed by atoms with van der Waals surface area (Å²) in [6.45, 7) is 12.5. The molecule has 92 valence electrons. The minimum atomic E-state index is -0.0441. The molecule has 0 spiro atoms. The van der Waals surface area contributed by atoms with Crippen molar-refractivity contribution >= 4 is 5.91 Å². The zero-order chi connectivity index (χ0) is 12.7. The molecule has 0 aliphatic carbocycles. The van der Waals surface area contributed by atoms with Crippen LogP contribution in [0, 0.1) is 0 Å². The van der Waals surface area contributed by atoms with E-state index in [4.69, 9.17) is 0 Å². The number of hydrazine groups is 2. The number of hydrogen-bond acceptors (Lipinski definition) is 3. The van der Waals surface area contributed by atoms with Crippen LogP contribution in [0.3, 0.4) is 0 Å². The van der Waals surface area contributed by atoms with Crippen LogP contribution < -0.4 is 0 Å². The maximum absolute atomic E-state index is 12.0. The number of amides is 1. The summed E-state index contributed by atoms with van der Waals surface area (Å²) in [6.07, 6.45) is 2.68. The molecule has 16 heavy (non-hydrogen) atoms. The Hall–Kier alpha value is -1.13. The van der Waals surface area contributed by atoms with Crippen molar-refractivity contribution in [3.63, 3.8) is 0 Å². The van der Waals surface area contributed by atoms with Gasteiger partial charge in [0.2, 0.25) is 0 Å². The van der Waals surface area contributed by atoms with Gasteiger partial charge in [0.1, 0.15) is 0 Å². The van der Waals surface area contributed by atoms with Crippen LogP contribution in [0.2, 0.25) is 0 Å². The molecule has 0 radical (unpaired) electrons. The van der Waals surface area contributed by atoms with Crippen molar-refractivity contribution in [3.8, 4) is 0 Å². The number of hydrogen-bond donors (Lipinski definition) is 0. The average molecular weight is 225 g/mol. The lowest BCUT2D eigenvalue weighted by atomic mass is 10.3. The van der Waals surface area contributed by atoms with Gasteiger partial charge in [-0.2, -0.15) is 0 Å². The second kappa shape index (κ2) is 7.19. The van der Waals surface area contributed by atoms with E-state index in [9.17, 15) is 4.79 Å². The van der Waals surface area contributed by atoms with Crippen LogP contribution >= 0.6 is 0 Å². The van der Waals surface area contributed by atoms with Crippen LogP contribution in [0.5, 0.6) is 0 Å². The van der Waals surface area contributed by atoms with E-state index in [1.807, 2.05) is 31.1 Å². The molecule has 1 amide bonds. The van der Waals surface area contributed by atoms with E-state index in [0.29, 0.717) is 18.7 Å². The summed E-state index contributed by atoms with van der Waals surface area (Å²) in [5.74, 6) is -0.0441. The van der Waals surface area contributed by atoms with E-state index < -0.39 is 0 Å². The lowest BCUT2D eigenvalue weighted by Crippen LogP contribution is -2.53. The van der Waals surface area contributed by atoms with Gasteiger partial charge in [-0.15, -0.1) is 11.7 Å². The number of nitrogens with zero attached hydrogens (tertiary/aromatic N) is 3. The highest BCUT2D eigenvalue weighted by Gasteiger charge is 2.21. The van der Waals surface area contributed by atoms with Crippen molar-refractivity contribution < 1.29 is 4.79 Å². The summed E-state index contributed by atoms with van der Waals surface area (Å²) < 4.78 is 0. The van der Waals surface area contributed by atoms with Crippen molar-refractivity contribution in [2.45, 2.75) is 20.3 Å². The Kier molecular flexibility index (Phi) is 6.69. The van der Waals surface area contributed by atoms with Crippen LogP contribution in [0.4, 0.5) is 0 Å². The molecule has 0 heterocycles. The molecule has 0 aromatic rings. The van der Waals surface area contributed by atoms with Gasteiger partial charge >= 0.3 is 0 Å². The minimum Gasteiger partial charge on any atom is -0.268 e. The highest BCUT2D eigenvalue weighted by atomic mass is 16.2. The van der Waals surface area contributed by atoms with Gasteiger partial charge in [0, 0.05) is 26.2 Å². The van der Waals surface area contributed by atoms with Crippen molar-refractivity contribution in [3.05, 3.63) is 24.8 Å². The van der Waals surface area contributed by atoms with Crippen LogP contribution in [-0.2, 0) is 4.79 Å². The third-order valence-corrected chi connectivity index (χ3v) is 2.07. The highest BCUT2D eigenvalue weighted by molar-refractivity contribution is 5.91. The first-order valence-corrected chi connectivity index (χ1v) is 5.48. The van der Waals surface area contributed by atoms with Crippen molar-refractivity contribution in [2.75, 3.05) is 27.2 Å². The molecule has 0 fully saturated rings. The Morgan fingerprint density at radius 3 is 2.25 bits per heavy atom. The zero-order valence-electron chi connectivity index (χ0n) is 10.9. The maximum Gasteiger partial charge on any atom is 0.264 e. The fraction of sp³-hybridized carbons (Fsp3) is 0.583. The molecule has 0 aromatic heterocycles. The molecule has 0 unspecified atom stereocenters. The smallest absolute Gasteiger partial charge is 0.264 e. The Labute approximate surface area is 98.8 Å². The first-order chi connectivity index (χ1) is 7.45. The number of carbonyl (C=O) groups excluding carboxylic acids is 1. The second-order valence-electron chi connectivity index (χ2n) is 3.90. The van der Waals surface area contributed by atoms with Gasteiger partial charge in [-0.1, -0.05) is 19.6 Å². The fourth-order valence-electron chi connectivity index (χ4n) is 1.35. The van der Waals surface area contributed by atoms with Crippen molar-refractivity contribution in [2.24, 2.45) is 0 Å². The normalized spacial score (nSPS) is 10.6. The fourth-order valence-corrected chi connectivity index (χ4v) is 1.35. The number of carbonyl (C=O) groups is 1. The lowest BCUT2D eigenvalue weighted by Gasteiger charge is -2.38. The third-order valence-electron chi connectivity index (χ3n) is 2.07. The van der Waals surface area contributed by atoms with Gasteiger partial charge in [-0.05, 0) is 13.3 Å². The quantitative estimate of drug-likeness (QED) is 0.375. The third kappa shape index (κ3) is 4.16. The van der Waals surface area contributed by atoms with E-state index in [2.05, 4.69) is 13.2 Å². The van der Waals surface area contributed by atoms with Crippen LogP contribution in [0.1, 0.15) is 20.3 Å². The zero-order valence-corrected chi connectivity index (χ0v) is 10.9. The molecule has 4 heteroatoms. The first kappa shape index (κ1) is 14.9. The van der Waals surface area contributed by atoms with Crippen LogP contribution in [-0.4, -0.2) is 48.2 Å². The second-order valence-corrected chi connectivity index (χ2v) is 3.90. The Morgan fingerprint density at radius 2 is 1.94 bits per heavy atom. The summed E-state index contributed by atoms with van der Waals surface area (Å²) in [5.41, 5.74) is 0.546. The minimum absolute atomic E-state index is 0.0441. The monoisotopic (exact) mass is 225 g/mol. The molecule has 0 aliphatic rings. The SMILES string of the molecule is C=CCN(N(C)C)N(CCC)C(=O)C(=C)C. The molecule has 0 saturated carbocycles. The molecule has 0 bridgehead atoms. The summed E-state index contributed by atoms with van der Waals surface area (Å²) in [5, 5.41) is 5.43. The highest BCUT2D eigenvalue weighted by Crippen LogP contribution is 2.07. The van der Waals surface area contributed by atoms with Crippen LogP contribution in [0.15, 0.2) is 24.8 Å². The molecular formula is C12H23N3O. The summed E-state index contributed by atoms with van der Waals surface area (Å²) in [7, 11) is 3.80. The molecular weight excluding hydrogens is 202 g/mol. The Bertz CT molecular complexity index is 261. The standard InChI is InChI=1S/C12H23N3O/c1-7-9-14(12(16)11(3)4)15(10-8-2)13(5)6/h8H,2-3,7,9-10H2,1,4-6H3. The average Bonchev–Trinajstić information content (AvgIpc) is 2.21. The Balaban J connectivity index is 4.89. The molecule has 0 saturated heterocycles. The van der Waals surface area contributed by atoms with E-state index in [1.165, 1.54) is 0 Å². The van der Waals surface area contributed by atoms with Gasteiger partial charge < -0.3 is 0 Å². The van der Waals surface area contributed by atoms with Crippen molar-refractivity contribution in [1.29, 1.82) is 0 Å². The van der Waals surface area contributed by atoms with Gasteiger partial charge in [0.25, 0.3) is 5.91 Å². The summed E-state index contributed by atoms with van der Waals surface area (Å²) >= 11 is 0. The topological polar surface area (TPSA) is 26.8 Å². The first-order valence-electron chi connectivity index (χ1n) is 5.48. The predicted octanol–water partition coefficient (Wildman–Crippen LogP) is 1.68. The predicted molar refractivity (Wildman–Crippen MR) is 67.4 cm³/mol. The van der Waals surface area contributed by atoms with E-state index >= 15 is 0 Å². The Morgan fingerprint density at radius 1 is 1.38 bits per heavy atom. The molecule has 0 aliphatic heterocycles. The molecule has 4 nitrogen and oxygen atoms in total. The molecule has 0 aromatic carbocycles. The van der Waals surface area contributed by atoms with Crippen LogP contribution in [0.25, 0.3) is 0 Å². The van der Waals surface area contributed by atoms with E-state index in [-0.39, 0.29) is 5.91 Å². The van der Waals surface area contributed by atoms with Gasteiger partial charge in [0.15, 0.2) is 0 Å². The largest absolute Gasteiger partial charge is 0.268 e. The summed E-state index contributed by atoms with van der Waals surface area (Å²) in [4.78, 5) is 12.0. The van der Waals surface area contributed by atoms with Gasteiger partial charge in [-0.25, -0.2) is 5.01 Å². The van der Waals surface area contributed by atoms with E-state index in [0.717, 1.165) is 6.42 Å². The molecule has 0 N–H and O–H groups in total. The van der Waals surface area contributed by atoms with E-state index in [1.54, 1.807) is 18.0 Å². The lowest BCUT2D eigenvalue weighted by molar-refractivity contribution is -0.176. The van der Waals surface area contributed by atoms with Gasteiger partial charge in [0.05, 0.1) is 6.54 Å². The maximum atomic E-state index is 12.0. The molecule has 0 rings (SSSR count). The van der Waals surface area contributed by atoms with Crippen molar-refractivity contribution in [1.82, 2.24) is 15.1 Å². The molecule has 0 atom stereocenters. The van der Waals surface area contributed by atoms with Gasteiger partial charge in [-0.3, -0.25) is 9.80 Å². The summed E-state index contributed by atoms with van der Waals surface area (Å²) in [6, 6.07) is 0. The number of rotatable bonds is 7.